The third-order valence-electron chi connectivity index (χ3n) is 2.91. The highest BCUT2D eigenvalue weighted by Gasteiger charge is 2.26. The van der Waals surface area contributed by atoms with Crippen molar-refractivity contribution in [1.82, 2.24) is 0 Å². The molecule has 1 aliphatic carbocycles. The minimum Gasteiger partial charge on any atom is -0.480 e. The van der Waals surface area contributed by atoms with Crippen LogP contribution in [0.25, 0.3) is 0 Å². The molecule has 2 rings (SSSR count). The number of carboxylic acid groups (broad SMARTS) is 1. The fraction of sp³-hybridized carbons (Fsp3) is 0.417. The lowest BCUT2D eigenvalue weighted by molar-refractivity contribution is -0.384. The van der Waals surface area contributed by atoms with Crippen LogP contribution in [0.3, 0.4) is 0 Å². The van der Waals surface area contributed by atoms with Crippen molar-refractivity contribution in [3.63, 3.8) is 0 Å². The molecule has 0 radical (unpaired) electrons. The Labute approximate surface area is 104 Å². The van der Waals surface area contributed by atoms with Gasteiger partial charge in [-0.2, -0.15) is 0 Å². The Kier molecular flexibility index (Phi) is 3.45. The number of hydrogen-bond acceptors (Lipinski definition) is 4. The molecule has 1 aliphatic rings. The Hall–Kier alpha value is -2.11. The van der Waals surface area contributed by atoms with E-state index < -0.39 is 10.9 Å². The number of non-ortho nitro benzene ring substituents is 1. The van der Waals surface area contributed by atoms with Crippen LogP contribution in [0.2, 0.25) is 0 Å². The van der Waals surface area contributed by atoms with Crippen molar-refractivity contribution < 1.29 is 14.8 Å². The van der Waals surface area contributed by atoms with Crippen molar-refractivity contribution in [2.75, 3.05) is 18.0 Å². The van der Waals surface area contributed by atoms with E-state index in [-0.39, 0.29) is 12.2 Å². The van der Waals surface area contributed by atoms with Crippen molar-refractivity contribution in [2.24, 2.45) is 5.92 Å². The summed E-state index contributed by atoms with van der Waals surface area (Å²) in [6, 6.07) is 6.11. The molecule has 6 heteroatoms. The molecule has 6 nitrogen and oxygen atoms in total. The lowest BCUT2D eigenvalue weighted by atomic mass is 10.2. The van der Waals surface area contributed by atoms with E-state index >= 15 is 0 Å². The van der Waals surface area contributed by atoms with Crippen LogP contribution < -0.4 is 4.90 Å². The number of anilines is 1. The quantitative estimate of drug-likeness (QED) is 0.615. The first-order chi connectivity index (χ1) is 8.56. The zero-order valence-corrected chi connectivity index (χ0v) is 9.78. The third kappa shape index (κ3) is 3.19. The minimum absolute atomic E-state index is 0.0151. The highest BCUT2D eigenvalue weighted by atomic mass is 16.6. The Balaban J connectivity index is 2.19. The lowest BCUT2D eigenvalue weighted by Crippen LogP contribution is -2.31. The monoisotopic (exact) mass is 250 g/mol. The molecule has 0 amide bonds. The molecule has 1 aromatic rings. The second-order valence-corrected chi connectivity index (χ2v) is 4.49. The first-order valence-electron chi connectivity index (χ1n) is 5.77. The summed E-state index contributed by atoms with van der Waals surface area (Å²) in [4.78, 5) is 22.7. The predicted molar refractivity (Wildman–Crippen MR) is 65.7 cm³/mol. The van der Waals surface area contributed by atoms with Crippen LogP contribution in [0.15, 0.2) is 24.3 Å². The van der Waals surface area contributed by atoms with Gasteiger partial charge in [-0.3, -0.25) is 14.9 Å². The van der Waals surface area contributed by atoms with Crippen LogP contribution >= 0.6 is 0 Å². The molecule has 0 unspecified atom stereocenters. The summed E-state index contributed by atoms with van der Waals surface area (Å²) in [5.41, 5.74) is 0.581. The van der Waals surface area contributed by atoms with Gasteiger partial charge in [0.05, 0.1) is 4.92 Å². The van der Waals surface area contributed by atoms with Gasteiger partial charge in [0.25, 0.3) is 5.69 Å². The summed E-state index contributed by atoms with van der Waals surface area (Å²) in [6.45, 7) is 0.519. The van der Waals surface area contributed by atoms with Crippen LogP contribution in [0.1, 0.15) is 12.8 Å². The van der Waals surface area contributed by atoms with E-state index in [1.807, 2.05) is 0 Å². The van der Waals surface area contributed by atoms with Gasteiger partial charge in [-0.1, -0.05) is 6.07 Å². The second kappa shape index (κ2) is 5.03. The van der Waals surface area contributed by atoms with Crippen LogP contribution in [-0.2, 0) is 4.79 Å². The molecule has 1 saturated carbocycles. The summed E-state index contributed by atoms with van der Waals surface area (Å²) < 4.78 is 0. The number of nitro benzene ring substituents is 1. The normalized spacial score (nSPS) is 14.2. The number of nitro groups is 1. The summed E-state index contributed by atoms with van der Waals surface area (Å²) in [5, 5.41) is 19.6. The van der Waals surface area contributed by atoms with E-state index in [1.165, 1.54) is 12.1 Å². The molecule has 0 saturated heterocycles. The largest absolute Gasteiger partial charge is 0.480 e. The highest BCUT2D eigenvalue weighted by molar-refractivity contribution is 5.74. The number of carboxylic acids is 1. The van der Waals surface area contributed by atoms with E-state index in [1.54, 1.807) is 17.0 Å². The minimum atomic E-state index is -0.929. The van der Waals surface area contributed by atoms with Crippen molar-refractivity contribution in [3.05, 3.63) is 34.4 Å². The SMILES string of the molecule is O=C(O)CN(CC1CC1)c1cccc([N+](=O)[O-])c1. The molecule has 1 N–H and O–H groups in total. The van der Waals surface area contributed by atoms with Crippen LogP contribution in [0.5, 0.6) is 0 Å². The summed E-state index contributed by atoms with van der Waals surface area (Å²) in [7, 11) is 0. The van der Waals surface area contributed by atoms with E-state index in [9.17, 15) is 14.9 Å². The molecule has 96 valence electrons. The third-order valence-corrected chi connectivity index (χ3v) is 2.91. The highest BCUT2D eigenvalue weighted by Crippen LogP contribution is 2.32. The number of carbonyl (C=O) groups is 1. The van der Waals surface area contributed by atoms with Gasteiger partial charge in [0, 0.05) is 24.4 Å². The van der Waals surface area contributed by atoms with Gasteiger partial charge in [-0.05, 0) is 24.8 Å². The van der Waals surface area contributed by atoms with Gasteiger partial charge >= 0.3 is 5.97 Å². The molecule has 0 spiro atoms. The standard InChI is InChI=1S/C12H14N2O4/c15-12(16)8-13(7-9-4-5-9)10-2-1-3-11(6-10)14(17)18/h1-3,6,9H,4-5,7-8H2,(H,15,16). The van der Waals surface area contributed by atoms with Crippen molar-refractivity contribution >= 4 is 17.3 Å². The summed E-state index contributed by atoms with van der Waals surface area (Å²) in [6.07, 6.45) is 2.20. The van der Waals surface area contributed by atoms with Crippen molar-refractivity contribution in [1.29, 1.82) is 0 Å². The second-order valence-electron chi connectivity index (χ2n) is 4.49. The van der Waals surface area contributed by atoms with E-state index in [2.05, 4.69) is 0 Å². The molecule has 1 fully saturated rings. The van der Waals surface area contributed by atoms with Crippen LogP contribution in [0.4, 0.5) is 11.4 Å². The molecule has 0 aromatic heterocycles. The summed E-state index contributed by atoms with van der Waals surface area (Å²) in [5.74, 6) is -0.411. The molecule has 0 heterocycles. The summed E-state index contributed by atoms with van der Waals surface area (Å²) >= 11 is 0. The topological polar surface area (TPSA) is 83.7 Å². The van der Waals surface area contributed by atoms with Gasteiger partial charge in [-0.25, -0.2) is 0 Å². The fourth-order valence-electron chi connectivity index (χ4n) is 1.84. The maximum atomic E-state index is 10.8. The first-order valence-corrected chi connectivity index (χ1v) is 5.77. The Morgan fingerprint density at radius 2 is 2.22 bits per heavy atom. The van der Waals surface area contributed by atoms with Crippen LogP contribution in [0, 0.1) is 16.0 Å². The molecule has 0 aliphatic heterocycles. The molecule has 18 heavy (non-hydrogen) atoms. The molecule has 1 aromatic carbocycles. The van der Waals surface area contributed by atoms with Gasteiger partial charge in [-0.15, -0.1) is 0 Å². The first kappa shape index (κ1) is 12.3. The van der Waals surface area contributed by atoms with Crippen molar-refractivity contribution in [2.45, 2.75) is 12.8 Å². The number of rotatable bonds is 6. The number of hydrogen-bond donors (Lipinski definition) is 1. The zero-order chi connectivity index (χ0) is 13.1. The fourth-order valence-corrected chi connectivity index (χ4v) is 1.84. The Morgan fingerprint density at radius 3 is 2.78 bits per heavy atom. The Morgan fingerprint density at radius 1 is 1.50 bits per heavy atom. The lowest BCUT2D eigenvalue weighted by Gasteiger charge is -2.22. The molecular formula is C12H14N2O4. The van der Waals surface area contributed by atoms with E-state index in [0.717, 1.165) is 12.8 Å². The smallest absolute Gasteiger partial charge is 0.323 e. The van der Waals surface area contributed by atoms with Crippen molar-refractivity contribution in [3.8, 4) is 0 Å². The predicted octanol–water partition coefficient (Wildman–Crippen LogP) is 1.90. The van der Waals surface area contributed by atoms with Gasteiger partial charge in [0.1, 0.15) is 6.54 Å². The zero-order valence-electron chi connectivity index (χ0n) is 9.78. The molecule has 0 atom stereocenters. The van der Waals surface area contributed by atoms with E-state index in [0.29, 0.717) is 18.2 Å². The molecular weight excluding hydrogens is 236 g/mol. The van der Waals surface area contributed by atoms with E-state index in [4.69, 9.17) is 5.11 Å². The van der Waals surface area contributed by atoms with Gasteiger partial charge in [0.15, 0.2) is 0 Å². The van der Waals surface area contributed by atoms with Crippen LogP contribution in [-0.4, -0.2) is 29.1 Å². The average molecular weight is 250 g/mol. The Bertz CT molecular complexity index is 471. The number of aliphatic carboxylic acids is 1. The average Bonchev–Trinajstić information content (AvgIpc) is 3.12. The maximum absolute atomic E-state index is 10.8. The number of nitrogens with zero attached hydrogens (tertiary/aromatic N) is 2. The number of benzene rings is 1. The maximum Gasteiger partial charge on any atom is 0.323 e. The van der Waals surface area contributed by atoms with Gasteiger partial charge < -0.3 is 10.0 Å². The van der Waals surface area contributed by atoms with Gasteiger partial charge in [0.2, 0.25) is 0 Å². The molecule has 0 bridgehead atoms.